The predicted octanol–water partition coefficient (Wildman–Crippen LogP) is 2.57. The van der Waals surface area contributed by atoms with Gasteiger partial charge in [-0.15, -0.1) is 0 Å². The number of nitrogens with one attached hydrogen (secondary N) is 2. The van der Waals surface area contributed by atoms with Gasteiger partial charge in [0.1, 0.15) is 22.9 Å². The minimum absolute atomic E-state index is 0.0327. The molecule has 8 nitrogen and oxygen atoms in total. The van der Waals surface area contributed by atoms with E-state index in [-0.39, 0.29) is 17.8 Å². The van der Waals surface area contributed by atoms with Gasteiger partial charge in [0.15, 0.2) is 0 Å². The third kappa shape index (κ3) is 4.40. The first-order valence-corrected chi connectivity index (χ1v) is 9.04. The lowest BCUT2D eigenvalue weighted by molar-refractivity contribution is -0.137. The first-order valence-electron chi connectivity index (χ1n) is 9.04. The largest absolute Gasteiger partial charge is 0.497 e. The number of carbonyl (C=O) groups is 2. The number of carboxylic acids is 1. The quantitative estimate of drug-likeness (QED) is 0.551. The lowest BCUT2D eigenvalue weighted by Crippen LogP contribution is -2.31. The summed E-state index contributed by atoms with van der Waals surface area (Å²) >= 11 is 0. The number of halogens is 1. The third-order valence-electron chi connectivity index (χ3n) is 4.59. The van der Waals surface area contributed by atoms with E-state index in [4.69, 9.17) is 4.74 Å². The van der Waals surface area contributed by atoms with Crippen LogP contribution in [-0.2, 0) is 4.79 Å². The van der Waals surface area contributed by atoms with Gasteiger partial charge in [-0.3, -0.25) is 19.5 Å². The molecule has 0 radical (unpaired) electrons. The second kappa shape index (κ2) is 8.64. The molecule has 0 spiro atoms. The molecule has 3 aromatic rings. The van der Waals surface area contributed by atoms with Gasteiger partial charge in [-0.1, -0.05) is 18.2 Å². The minimum Gasteiger partial charge on any atom is -0.497 e. The molecule has 0 aliphatic carbocycles. The Hall–Kier alpha value is -3.88. The van der Waals surface area contributed by atoms with Gasteiger partial charge in [-0.25, -0.2) is 9.07 Å². The third-order valence-corrected chi connectivity index (χ3v) is 4.59. The average Bonchev–Trinajstić information content (AvgIpc) is 3.09. The molecule has 0 saturated carbocycles. The second-order valence-corrected chi connectivity index (χ2v) is 6.64. The molecule has 0 bridgehead atoms. The molecular formula is C21H20FN3O5. The molecule has 1 unspecified atom stereocenters. The number of carbonyl (C=O) groups excluding carboxylic acids is 1. The minimum atomic E-state index is -1.10. The van der Waals surface area contributed by atoms with E-state index in [1.54, 1.807) is 31.2 Å². The number of H-pyrrole nitrogens is 1. The number of hydrogen-bond acceptors (Lipinski definition) is 4. The number of aromatic nitrogens is 2. The van der Waals surface area contributed by atoms with Gasteiger partial charge in [0, 0.05) is 6.07 Å². The Morgan fingerprint density at radius 1 is 1.23 bits per heavy atom. The Kier molecular flexibility index (Phi) is 6.01. The lowest BCUT2D eigenvalue weighted by atomic mass is 9.98. The summed E-state index contributed by atoms with van der Waals surface area (Å²) in [6.07, 6.45) is -0.364. The van der Waals surface area contributed by atoms with Crippen molar-refractivity contribution in [3.05, 3.63) is 81.5 Å². The maximum absolute atomic E-state index is 14.0. The summed E-state index contributed by atoms with van der Waals surface area (Å²) in [6.45, 7) is 1.77. The molecule has 3 rings (SSSR count). The number of aromatic amines is 1. The molecule has 1 atom stereocenters. The zero-order valence-corrected chi connectivity index (χ0v) is 16.3. The first-order chi connectivity index (χ1) is 14.3. The van der Waals surface area contributed by atoms with E-state index in [0.717, 1.165) is 16.3 Å². The van der Waals surface area contributed by atoms with Crippen molar-refractivity contribution in [1.29, 1.82) is 0 Å². The van der Waals surface area contributed by atoms with Crippen LogP contribution < -0.4 is 15.6 Å². The normalized spacial score (nSPS) is 11.7. The Bertz CT molecular complexity index is 1150. The van der Waals surface area contributed by atoms with Crippen molar-refractivity contribution in [2.24, 2.45) is 0 Å². The fraction of sp³-hybridized carbons (Fsp3) is 0.190. The predicted molar refractivity (Wildman–Crippen MR) is 107 cm³/mol. The zero-order chi connectivity index (χ0) is 21.8. The molecule has 0 fully saturated rings. The monoisotopic (exact) mass is 413 g/mol. The van der Waals surface area contributed by atoms with Crippen LogP contribution in [0.4, 0.5) is 4.39 Å². The number of aryl methyl sites for hydroxylation is 1. The summed E-state index contributed by atoms with van der Waals surface area (Å²) in [4.78, 5) is 36.3. The van der Waals surface area contributed by atoms with Crippen molar-refractivity contribution in [3.63, 3.8) is 0 Å². The van der Waals surface area contributed by atoms with Crippen LogP contribution in [0.1, 0.15) is 34.1 Å². The van der Waals surface area contributed by atoms with Crippen molar-refractivity contribution in [2.75, 3.05) is 7.11 Å². The Morgan fingerprint density at radius 3 is 2.60 bits per heavy atom. The van der Waals surface area contributed by atoms with Crippen LogP contribution in [0.2, 0.25) is 0 Å². The fourth-order valence-electron chi connectivity index (χ4n) is 3.14. The van der Waals surface area contributed by atoms with Gasteiger partial charge in [-0.2, -0.15) is 0 Å². The van der Waals surface area contributed by atoms with Gasteiger partial charge in [0.25, 0.3) is 11.5 Å². The number of rotatable bonds is 7. The highest BCUT2D eigenvalue weighted by molar-refractivity contribution is 5.92. The Morgan fingerprint density at radius 2 is 1.97 bits per heavy atom. The number of benzene rings is 2. The molecule has 2 aromatic carbocycles. The van der Waals surface area contributed by atoms with Crippen LogP contribution in [0.5, 0.6) is 5.75 Å². The van der Waals surface area contributed by atoms with Crippen LogP contribution in [0, 0.1) is 12.7 Å². The van der Waals surface area contributed by atoms with Crippen molar-refractivity contribution in [3.8, 4) is 11.4 Å². The smallest absolute Gasteiger partial charge is 0.305 e. The molecule has 1 amide bonds. The molecule has 156 valence electrons. The van der Waals surface area contributed by atoms with Crippen molar-refractivity contribution < 1.29 is 23.8 Å². The van der Waals surface area contributed by atoms with Gasteiger partial charge >= 0.3 is 5.97 Å². The van der Waals surface area contributed by atoms with Gasteiger partial charge in [0.2, 0.25) is 0 Å². The fourth-order valence-corrected chi connectivity index (χ4v) is 3.14. The number of carboxylic acid groups (broad SMARTS) is 1. The lowest BCUT2D eigenvalue weighted by Gasteiger charge is -2.19. The van der Waals surface area contributed by atoms with E-state index in [9.17, 15) is 23.9 Å². The maximum Gasteiger partial charge on any atom is 0.305 e. The molecule has 30 heavy (non-hydrogen) atoms. The number of amides is 1. The molecule has 9 heteroatoms. The van der Waals surface area contributed by atoms with Crippen LogP contribution in [0.15, 0.2) is 53.3 Å². The number of hydrogen-bond donors (Lipinski definition) is 3. The van der Waals surface area contributed by atoms with Gasteiger partial charge < -0.3 is 15.2 Å². The molecule has 1 aromatic heterocycles. The highest BCUT2D eigenvalue weighted by atomic mass is 19.1. The summed E-state index contributed by atoms with van der Waals surface area (Å²) < 4.78 is 20.1. The molecular weight excluding hydrogens is 393 g/mol. The van der Waals surface area contributed by atoms with E-state index in [1.165, 1.54) is 25.3 Å². The highest BCUT2D eigenvalue weighted by Crippen LogP contribution is 2.25. The number of para-hydroxylation sites is 1. The van der Waals surface area contributed by atoms with Crippen LogP contribution in [0.25, 0.3) is 5.69 Å². The SMILES string of the molecule is COc1ccc(C(CC(=O)O)NC(=O)c2cc(=O)n(-c3ccccc3F)[nH]2)c(C)c1. The van der Waals surface area contributed by atoms with Crippen LogP contribution in [0.3, 0.4) is 0 Å². The Labute approximate surface area is 170 Å². The Balaban J connectivity index is 1.90. The molecule has 0 aliphatic heterocycles. The molecule has 0 aliphatic rings. The maximum atomic E-state index is 14.0. The standard InChI is InChI=1S/C21H20FN3O5/c1-12-9-13(30-2)7-8-14(12)16(11-20(27)28)23-21(29)17-10-19(26)25(24-17)18-6-4-3-5-15(18)22/h3-10,16,24H,11H2,1-2H3,(H,23,29)(H,27,28). The highest BCUT2D eigenvalue weighted by Gasteiger charge is 2.22. The van der Waals surface area contributed by atoms with Crippen molar-refractivity contribution in [2.45, 2.75) is 19.4 Å². The summed E-state index contributed by atoms with van der Waals surface area (Å²) in [5.74, 6) is -1.83. The number of nitrogens with zero attached hydrogens (tertiary/aromatic N) is 1. The number of methoxy groups -OCH3 is 1. The van der Waals surface area contributed by atoms with Crippen LogP contribution in [-0.4, -0.2) is 33.9 Å². The van der Waals surface area contributed by atoms with E-state index >= 15 is 0 Å². The molecule has 1 heterocycles. The van der Waals surface area contributed by atoms with E-state index in [2.05, 4.69) is 10.4 Å². The van der Waals surface area contributed by atoms with E-state index in [1.807, 2.05) is 0 Å². The molecule has 0 saturated heterocycles. The van der Waals surface area contributed by atoms with Gasteiger partial charge in [-0.05, 0) is 42.3 Å². The summed E-state index contributed by atoms with van der Waals surface area (Å²) in [7, 11) is 1.52. The summed E-state index contributed by atoms with van der Waals surface area (Å²) in [5, 5.41) is 14.5. The van der Waals surface area contributed by atoms with Gasteiger partial charge in [0.05, 0.1) is 19.6 Å². The first kappa shape index (κ1) is 20.8. The van der Waals surface area contributed by atoms with Crippen molar-refractivity contribution >= 4 is 11.9 Å². The van der Waals surface area contributed by atoms with Crippen LogP contribution >= 0.6 is 0 Å². The average molecular weight is 413 g/mol. The molecule has 3 N–H and O–H groups in total. The summed E-state index contributed by atoms with van der Waals surface area (Å²) in [6, 6.07) is 10.9. The zero-order valence-electron chi connectivity index (χ0n) is 16.3. The van der Waals surface area contributed by atoms with E-state index in [0.29, 0.717) is 11.3 Å². The topological polar surface area (TPSA) is 113 Å². The van der Waals surface area contributed by atoms with Crippen molar-refractivity contribution in [1.82, 2.24) is 15.1 Å². The van der Waals surface area contributed by atoms with E-state index < -0.39 is 29.3 Å². The second-order valence-electron chi connectivity index (χ2n) is 6.64. The number of ether oxygens (including phenoxy) is 1. The summed E-state index contributed by atoms with van der Waals surface area (Å²) in [5.41, 5.74) is 0.556. The number of aliphatic carboxylic acids is 1.